The van der Waals surface area contributed by atoms with E-state index in [-0.39, 0.29) is 23.9 Å². The largest absolute Gasteiger partial charge is 0.416 e. The fourth-order valence-corrected chi connectivity index (χ4v) is 1.87. The predicted molar refractivity (Wildman–Crippen MR) is 68.6 cm³/mol. The van der Waals surface area contributed by atoms with Crippen LogP contribution >= 0.6 is 0 Å². The molecule has 2 rings (SSSR count). The zero-order valence-electron chi connectivity index (χ0n) is 10.9. The molecule has 1 amide bonds. The first-order valence-corrected chi connectivity index (χ1v) is 6.32. The second-order valence-electron chi connectivity index (χ2n) is 4.92. The van der Waals surface area contributed by atoms with E-state index >= 15 is 0 Å². The van der Waals surface area contributed by atoms with Gasteiger partial charge in [-0.15, -0.1) is 0 Å². The van der Waals surface area contributed by atoms with E-state index in [2.05, 4.69) is 17.2 Å². The summed E-state index contributed by atoms with van der Waals surface area (Å²) in [7, 11) is 0. The van der Waals surface area contributed by atoms with Crippen LogP contribution in [0.15, 0.2) is 24.3 Å². The van der Waals surface area contributed by atoms with Crippen molar-refractivity contribution in [3.63, 3.8) is 0 Å². The Bertz CT molecular complexity index is 568. The number of nitrogens with one attached hydrogen (secondary N) is 1. The lowest BCUT2D eigenvalue weighted by Crippen LogP contribution is -2.25. The Morgan fingerprint density at radius 1 is 1.45 bits per heavy atom. The summed E-state index contributed by atoms with van der Waals surface area (Å²) in [5, 5.41) is 2.66. The Morgan fingerprint density at radius 3 is 2.75 bits per heavy atom. The summed E-state index contributed by atoms with van der Waals surface area (Å²) in [5.41, 5.74) is -0.436. The van der Waals surface area contributed by atoms with E-state index in [1.165, 1.54) is 12.1 Å². The number of hydrogen-bond donors (Lipinski definition) is 1. The topological polar surface area (TPSA) is 29.1 Å². The van der Waals surface area contributed by atoms with Crippen LogP contribution in [0.2, 0.25) is 0 Å². The lowest BCUT2D eigenvalue weighted by Gasteiger charge is -2.05. The zero-order valence-corrected chi connectivity index (χ0v) is 10.9. The Kier molecular flexibility index (Phi) is 4.03. The third-order valence-corrected chi connectivity index (χ3v) is 3.22. The maximum absolute atomic E-state index is 12.5. The molecule has 1 saturated carbocycles. The highest BCUT2D eigenvalue weighted by Crippen LogP contribution is 2.37. The van der Waals surface area contributed by atoms with Crippen molar-refractivity contribution in [3.05, 3.63) is 35.4 Å². The molecule has 1 aliphatic rings. The lowest BCUT2D eigenvalue weighted by molar-refractivity contribution is -0.137. The van der Waals surface area contributed by atoms with Gasteiger partial charge in [-0.2, -0.15) is 13.2 Å². The number of hydrogen-bond acceptors (Lipinski definition) is 1. The first-order chi connectivity index (χ1) is 9.38. The molecule has 0 radical (unpaired) electrons. The molecule has 0 aliphatic heterocycles. The number of carbonyl (C=O) groups excluding carboxylic acids is 1. The van der Waals surface area contributed by atoms with Crippen LogP contribution in [0, 0.1) is 23.7 Å². The van der Waals surface area contributed by atoms with E-state index in [0.717, 1.165) is 18.6 Å². The summed E-state index contributed by atoms with van der Waals surface area (Å²) in [4.78, 5) is 11.5. The minimum absolute atomic E-state index is 0.0316. The number of carbonyl (C=O) groups is 1. The van der Waals surface area contributed by atoms with E-state index in [1.807, 2.05) is 6.92 Å². The van der Waals surface area contributed by atoms with Crippen molar-refractivity contribution in [2.75, 3.05) is 6.54 Å². The van der Waals surface area contributed by atoms with Crippen LogP contribution in [0.4, 0.5) is 13.2 Å². The third kappa shape index (κ3) is 3.77. The van der Waals surface area contributed by atoms with Crippen molar-refractivity contribution < 1.29 is 18.0 Å². The van der Waals surface area contributed by atoms with E-state index in [0.29, 0.717) is 5.92 Å². The maximum Gasteiger partial charge on any atom is 0.416 e. The van der Waals surface area contributed by atoms with Crippen molar-refractivity contribution in [1.29, 1.82) is 0 Å². The van der Waals surface area contributed by atoms with Crippen LogP contribution in [0.1, 0.15) is 24.5 Å². The van der Waals surface area contributed by atoms with Gasteiger partial charge in [0.1, 0.15) is 0 Å². The monoisotopic (exact) mass is 281 g/mol. The Labute approximate surface area is 115 Å². The van der Waals surface area contributed by atoms with Crippen LogP contribution in [0.25, 0.3) is 0 Å². The molecule has 1 aliphatic carbocycles. The van der Waals surface area contributed by atoms with E-state index in [9.17, 15) is 18.0 Å². The molecule has 0 heterocycles. The van der Waals surface area contributed by atoms with Crippen LogP contribution in [0.3, 0.4) is 0 Å². The predicted octanol–water partition coefficient (Wildman–Crippen LogP) is 2.83. The Balaban J connectivity index is 1.90. The van der Waals surface area contributed by atoms with Gasteiger partial charge < -0.3 is 5.32 Å². The zero-order chi connectivity index (χ0) is 14.8. The summed E-state index contributed by atoms with van der Waals surface area (Å²) in [6, 6.07) is 4.82. The normalized spacial score (nSPS) is 20.8. The van der Waals surface area contributed by atoms with Gasteiger partial charge >= 0.3 is 6.18 Å². The van der Waals surface area contributed by atoms with Crippen molar-refractivity contribution in [2.45, 2.75) is 19.5 Å². The molecule has 0 aromatic heterocycles. The van der Waals surface area contributed by atoms with Gasteiger partial charge in [-0.05, 0) is 30.5 Å². The van der Waals surface area contributed by atoms with Crippen molar-refractivity contribution >= 4 is 5.91 Å². The van der Waals surface area contributed by atoms with Gasteiger partial charge in [0, 0.05) is 11.5 Å². The first-order valence-electron chi connectivity index (χ1n) is 6.32. The van der Waals surface area contributed by atoms with Crippen molar-refractivity contribution in [3.8, 4) is 11.8 Å². The number of rotatable bonds is 2. The van der Waals surface area contributed by atoms with Crippen LogP contribution in [0.5, 0.6) is 0 Å². The van der Waals surface area contributed by atoms with E-state index < -0.39 is 11.7 Å². The van der Waals surface area contributed by atoms with E-state index in [1.54, 1.807) is 0 Å². The van der Waals surface area contributed by atoms with Crippen LogP contribution in [-0.4, -0.2) is 12.5 Å². The number of halogens is 3. The first kappa shape index (κ1) is 14.4. The highest BCUT2D eigenvalue weighted by molar-refractivity contribution is 5.81. The second kappa shape index (κ2) is 5.58. The fourth-order valence-electron chi connectivity index (χ4n) is 1.87. The molecule has 2 nitrogen and oxygen atoms in total. The molecule has 2 atom stereocenters. The minimum atomic E-state index is -4.37. The molecular weight excluding hydrogens is 267 g/mol. The molecule has 5 heteroatoms. The second-order valence-corrected chi connectivity index (χ2v) is 4.92. The average molecular weight is 281 g/mol. The Morgan fingerprint density at radius 2 is 2.15 bits per heavy atom. The number of benzene rings is 1. The molecule has 0 bridgehead atoms. The highest BCUT2D eigenvalue weighted by Gasteiger charge is 2.38. The fraction of sp³-hybridized carbons (Fsp3) is 0.400. The quantitative estimate of drug-likeness (QED) is 0.830. The summed E-state index contributed by atoms with van der Waals surface area (Å²) < 4.78 is 37.5. The third-order valence-electron chi connectivity index (χ3n) is 3.22. The smallest absolute Gasteiger partial charge is 0.345 e. The van der Waals surface area contributed by atoms with Gasteiger partial charge in [0.05, 0.1) is 12.1 Å². The van der Waals surface area contributed by atoms with Crippen LogP contribution in [-0.2, 0) is 11.0 Å². The van der Waals surface area contributed by atoms with Crippen LogP contribution < -0.4 is 5.32 Å². The molecule has 1 N–H and O–H groups in total. The van der Waals surface area contributed by atoms with Gasteiger partial charge in [-0.3, -0.25) is 4.79 Å². The molecule has 20 heavy (non-hydrogen) atoms. The Hall–Kier alpha value is -1.96. The molecule has 1 aromatic rings. The maximum atomic E-state index is 12.5. The molecule has 106 valence electrons. The SMILES string of the molecule is CC1CC1C(=O)NCC#Cc1cccc(C(F)(F)F)c1. The molecular formula is C15H14F3NO. The van der Waals surface area contributed by atoms with Gasteiger partial charge in [-0.1, -0.05) is 24.8 Å². The van der Waals surface area contributed by atoms with Crippen molar-refractivity contribution in [2.24, 2.45) is 11.8 Å². The standard InChI is InChI=1S/C15H14F3NO/c1-10-8-13(10)14(20)19-7-3-5-11-4-2-6-12(9-11)15(16,17)18/h2,4,6,9-10,13H,7-8H2,1H3,(H,19,20). The van der Waals surface area contributed by atoms with Gasteiger partial charge in [-0.25, -0.2) is 0 Å². The lowest BCUT2D eigenvalue weighted by atomic mass is 10.1. The molecule has 1 aromatic carbocycles. The molecule has 0 spiro atoms. The van der Waals surface area contributed by atoms with E-state index in [4.69, 9.17) is 0 Å². The van der Waals surface area contributed by atoms with Crippen molar-refractivity contribution in [1.82, 2.24) is 5.32 Å². The van der Waals surface area contributed by atoms with Gasteiger partial charge in [0.25, 0.3) is 0 Å². The molecule has 2 unspecified atom stereocenters. The summed E-state index contributed by atoms with van der Waals surface area (Å²) in [6.45, 7) is 2.15. The summed E-state index contributed by atoms with van der Waals surface area (Å²) in [5.74, 6) is 5.74. The van der Waals surface area contributed by atoms with Gasteiger partial charge in [0.2, 0.25) is 5.91 Å². The molecule has 1 fully saturated rings. The highest BCUT2D eigenvalue weighted by atomic mass is 19.4. The summed E-state index contributed by atoms with van der Waals surface area (Å²) in [6.07, 6.45) is -3.47. The molecule has 0 saturated heterocycles. The number of alkyl halides is 3. The number of amides is 1. The minimum Gasteiger partial charge on any atom is -0.345 e. The average Bonchev–Trinajstić information content (AvgIpc) is 3.11. The summed E-state index contributed by atoms with van der Waals surface area (Å²) >= 11 is 0. The van der Waals surface area contributed by atoms with Gasteiger partial charge in [0.15, 0.2) is 0 Å².